The van der Waals surface area contributed by atoms with Crippen LogP contribution in [0.4, 0.5) is 0 Å². The van der Waals surface area contributed by atoms with Crippen molar-refractivity contribution >= 4 is 17.2 Å². The summed E-state index contributed by atoms with van der Waals surface area (Å²) in [5, 5.41) is 4.56. The first kappa shape index (κ1) is 8.27. The van der Waals surface area contributed by atoms with Crippen LogP contribution in [0.5, 0.6) is 0 Å². The summed E-state index contributed by atoms with van der Waals surface area (Å²) in [5.41, 5.74) is 1.13. The summed E-state index contributed by atoms with van der Waals surface area (Å²) in [6.07, 6.45) is 0.923. The van der Waals surface area contributed by atoms with Gasteiger partial charge in [-0.25, -0.2) is 0 Å². The molecule has 0 unspecified atom stereocenters. The van der Waals surface area contributed by atoms with Crippen LogP contribution < -0.4 is 5.32 Å². The number of aryl methyl sites for hydroxylation is 1. The van der Waals surface area contributed by atoms with Gasteiger partial charge < -0.3 is 5.32 Å². The number of hydrogen-bond acceptors (Lipinski definition) is 2. The molecule has 0 aliphatic carbocycles. The van der Waals surface area contributed by atoms with Crippen molar-refractivity contribution in [2.75, 3.05) is 7.05 Å². The molecule has 3 heteroatoms. The molecule has 0 saturated carbocycles. The highest BCUT2D eigenvalue weighted by Gasteiger charge is 2.08. The molecule has 1 aromatic rings. The molecule has 0 radical (unpaired) electrons. The highest BCUT2D eigenvalue weighted by molar-refractivity contribution is 7.12. The lowest BCUT2D eigenvalue weighted by Gasteiger charge is -1.97. The van der Waals surface area contributed by atoms with Crippen LogP contribution in [0.3, 0.4) is 0 Å². The number of carbonyl (C=O) groups excluding carboxylic acids is 1. The van der Waals surface area contributed by atoms with Crippen molar-refractivity contribution in [3.05, 3.63) is 21.9 Å². The summed E-state index contributed by atoms with van der Waals surface area (Å²) >= 11 is 1.49. The Bertz CT molecular complexity index is 254. The Morgan fingerprint density at radius 1 is 1.73 bits per heavy atom. The molecule has 0 atom stereocenters. The molecule has 0 bridgehead atoms. The Balaban J connectivity index is 2.92. The third-order valence-corrected chi connectivity index (χ3v) is 2.52. The van der Waals surface area contributed by atoms with Crippen LogP contribution in [0.1, 0.15) is 22.2 Å². The van der Waals surface area contributed by atoms with E-state index in [9.17, 15) is 4.79 Å². The average molecular weight is 169 g/mol. The standard InChI is InChI=1S/C8H11NOS/c1-3-6-4-5-11-7(6)8(10)9-2/h4-5H,3H2,1-2H3,(H,9,10). The van der Waals surface area contributed by atoms with E-state index >= 15 is 0 Å². The molecule has 0 fully saturated rings. The van der Waals surface area contributed by atoms with E-state index in [1.54, 1.807) is 7.05 Å². The quantitative estimate of drug-likeness (QED) is 0.717. The van der Waals surface area contributed by atoms with Crippen LogP contribution in [-0.4, -0.2) is 13.0 Å². The fourth-order valence-electron chi connectivity index (χ4n) is 0.927. The Morgan fingerprint density at radius 3 is 3.00 bits per heavy atom. The monoisotopic (exact) mass is 169 g/mol. The lowest BCUT2D eigenvalue weighted by Crippen LogP contribution is -2.17. The minimum Gasteiger partial charge on any atom is -0.354 e. The molecule has 1 heterocycles. The number of thiophene rings is 1. The maximum atomic E-state index is 11.2. The molecule has 0 aromatic carbocycles. The van der Waals surface area contributed by atoms with Crippen molar-refractivity contribution in [2.24, 2.45) is 0 Å². The second-order valence-electron chi connectivity index (χ2n) is 2.21. The molecular formula is C8H11NOS. The molecule has 0 saturated heterocycles. The van der Waals surface area contributed by atoms with Crippen molar-refractivity contribution in [3.63, 3.8) is 0 Å². The second-order valence-corrected chi connectivity index (χ2v) is 3.12. The fourth-order valence-corrected chi connectivity index (χ4v) is 1.87. The van der Waals surface area contributed by atoms with Gasteiger partial charge in [-0.15, -0.1) is 11.3 Å². The predicted molar refractivity (Wildman–Crippen MR) is 47.1 cm³/mol. The molecule has 60 valence electrons. The first-order chi connectivity index (χ1) is 5.29. The van der Waals surface area contributed by atoms with Gasteiger partial charge in [0, 0.05) is 7.05 Å². The molecule has 2 nitrogen and oxygen atoms in total. The predicted octanol–water partition coefficient (Wildman–Crippen LogP) is 1.67. The third-order valence-electron chi connectivity index (χ3n) is 1.56. The van der Waals surface area contributed by atoms with E-state index in [-0.39, 0.29) is 5.91 Å². The molecule has 11 heavy (non-hydrogen) atoms. The molecule has 0 aliphatic rings. The van der Waals surface area contributed by atoms with Gasteiger partial charge in [-0.3, -0.25) is 4.79 Å². The van der Waals surface area contributed by atoms with Crippen LogP contribution >= 0.6 is 11.3 Å². The van der Waals surface area contributed by atoms with Gasteiger partial charge in [0.1, 0.15) is 0 Å². The number of rotatable bonds is 2. The van der Waals surface area contributed by atoms with Crippen molar-refractivity contribution < 1.29 is 4.79 Å². The summed E-state index contributed by atoms with van der Waals surface area (Å²) in [6, 6.07) is 2.00. The van der Waals surface area contributed by atoms with Crippen LogP contribution in [0, 0.1) is 0 Å². The highest BCUT2D eigenvalue weighted by Crippen LogP contribution is 2.16. The summed E-state index contributed by atoms with van der Waals surface area (Å²) in [4.78, 5) is 12.0. The first-order valence-electron chi connectivity index (χ1n) is 3.58. The van der Waals surface area contributed by atoms with E-state index in [1.165, 1.54) is 11.3 Å². The van der Waals surface area contributed by atoms with E-state index in [4.69, 9.17) is 0 Å². The zero-order valence-corrected chi connectivity index (χ0v) is 7.49. The van der Waals surface area contributed by atoms with Crippen molar-refractivity contribution in [2.45, 2.75) is 13.3 Å². The van der Waals surface area contributed by atoms with Gasteiger partial charge >= 0.3 is 0 Å². The van der Waals surface area contributed by atoms with Crippen LogP contribution in [0.15, 0.2) is 11.4 Å². The van der Waals surface area contributed by atoms with Gasteiger partial charge in [0.25, 0.3) is 5.91 Å². The second kappa shape index (κ2) is 3.53. The van der Waals surface area contributed by atoms with E-state index in [1.807, 2.05) is 11.4 Å². The number of amides is 1. The number of nitrogens with one attached hydrogen (secondary N) is 1. The van der Waals surface area contributed by atoms with Crippen LogP contribution in [0.2, 0.25) is 0 Å². The first-order valence-corrected chi connectivity index (χ1v) is 4.46. The van der Waals surface area contributed by atoms with E-state index in [0.29, 0.717) is 0 Å². The Morgan fingerprint density at radius 2 is 2.45 bits per heavy atom. The molecule has 0 aliphatic heterocycles. The summed E-state index contributed by atoms with van der Waals surface area (Å²) < 4.78 is 0. The van der Waals surface area contributed by atoms with Gasteiger partial charge in [-0.05, 0) is 23.4 Å². The molecular weight excluding hydrogens is 158 g/mol. The van der Waals surface area contributed by atoms with Crippen molar-refractivity contribution in [1.29, 1.82) is 0 Å². The lowest BCUT2D eigenvalue weighted by molar-refractivity contribution is 0.0966. The maximum absolute atomic E-state index is 11.2. The summed E-state index contributed by atoms with van der Waals surface area (Å²) in [5.74, 6) is 0.0249. The maximum Gasteiger partial charge on any atom is 0.261 e. The summed E-state index contributed by atoms with van der Waals surface area (Å²) in [6.45, 7) is 2.05. The van der Waals surface area contributed by atoms with E-state index in [2.05, 4.69) is 12.2 Å². The van der Waals surface area contributed by atoms with E-state index in [0.717, 1.165) is 16.9 Å². The van der Waals surface area contributed by atoms with E-state index < -0.39 is 0 Å². The lowest BCUT2D eigenvalue weighted by atomic mass is 10.2. The molecule has 1 N–H and O–H groups in total. The molecule has 1 aromatic heterocycles. The Labute approximate surface area is 70.2 Å². The average Bonchev–Trinajstić information content (AvgIpc) is 2.50. The number of carbonyl (C=O) groups is 1. The minimum absolute atomic E-state index is 0.0249. The van der Waals surface area contributed by atoms with Gasteiger partial charge in [-0.1, -0.05) is 6.92 Å². The summed E-state index contributed by atoms with van der Waals surface area (Å²) in [7, 11) is 1.65. The zero-order chi connectivity index (χ0) is 8.27. The number of hydrogen-bond donors (Lipinski definition) is 1. The Kier molecular flexibility index (Phi) is 2.65. The fraction of sp³-hybridized carbons (Fsp3) is 0.375. The SMILES string of the molecule is CCc1ccsc1C(=O)NC. The molecule has 1 amide bonds. The topological polar surface area (TPSA) is 29.1 Å². The molecule has 0 spiro atoms. The molecule has 1 rings (SSSR count). The van der Waals surface area contributed by atoms with Gasteiger partial charge in [-0.2, -0.15) is 0 Å². The van der Waals surface area contributed by atoms with Gasteiger partial charge in [0.2, 0.25) is 0 Å². The smallest absolute Gasteiger partial charge is 0.261 e. The van der Waals surface area contributed by atoms with Crippen molar-refractivity contribution in [3.8, 4) is 0 Å². The van der Waals surface area contributed by atoms with Crippen molar-refractivity contribution in [1.82, 2.24) is 5.32 Å². The Hall–Kier alpha value is -0.830. The highest BCUT2D eigenvalue weighted by atomic mass is 32.1. The van der Waals surface area contributed by atoms with Gasteiger partial charge in [0.15, 0.2) is 0 Å². The largest absolute Gasteiger partial charge is 0.354 e. The van der Waals surface area contributed by atoms with Gasteiger partial charge in [0.05, 0.1) is 4.88 Å². The van der Waals surface area contributed by atoms with Crippen LogP contribution in [0.25, 0.3) is 0 Å². The normalized spacial score (nSPS) is 9.64. The van der Waals surface area contributed by atoms with Crippen LogP contribution in [-0.2, 0) is 6.42 Å². The zero-order valence-electron chi connectivity index (χ0n) is 6.68. The third kappa shape index (κ3) is 1.60. The minimum atomic E-state index is 0.0249.